The van der Waals surface area contributed by atoms with Gasteiger partial charge >= 0.3 is 0 Å². The number of aliphatic hydroxyl groups excluding tert-OH is 1. The summed E-state index contributed by atoms with van der Waals surface area (Å²) in [6, 6.07) is 3.52. The molecule has 1 atom stereocenters. The molecule has 0 amide bonds. The van der Waals surface area contributed by atoms with Crippen molar-refractivity contribution in [1.29, 1.82) is 0 Å². The largest absolute Gasteiger partial charge is 0.389 e. The number of aryl methyl sites for hydroxylation is 1. The average molecular weight is 225 g/mol. The summed E-state index contributed by atoms with van der Waals surface area (Å²) >= 11 is 0. The van der Waals surface area contributed by atoms with Gasteiger partial charge in [-0.25, -0.2) is 4.39 Å². The van der Waals surface area contributed by atoms with Gasteiger partial charge < -0.3 is 10.0 Å². The maximum Gasteiger partial charge on any atom is 0.126 e. The van der Waals surface area contributed by atoms with Gasteiger partial charge in [0, 0.05) is 24.3 Å². The number of rotatable bonds is 3. The molecule has 1 rings (SSSR count). The molecule has 0 aliphatic heterocycles. The van der Waals surface area contributed by atoms with E-state index in [1.165, 1.54) is 6.07 Å². The normalized spacial score (nSPS) is 13.0. The molecule has 1 N–H and O–H groups in total. The molecule has 0 aliphatic rings. The van der Waals surface area contributed by atoms with E-state index < -0.39 is 6.10 Å². The lowest BCUT2D eigenvalue weighted by molar-refractivity contribution is 0.199. The fourth-order valence-corrected chi connectivity index (χ4v) is 1.60. The Labute approximate surface area is 96.7 Å². The summed E-state index contributed by atoms with van der Waals surface area (Å²) in [4.78, 5) is 2.04. The summed E-state index contributed by atoms with van der Waals surface area (Å²) in [5.41, 5.74) is 2.13. The predicted octanol–water partition coefficient (Wildman–Crippen LogP) is 3.03. The Morgan fingerprint density at radius 1 is 1.25 bits per heavy atom. The maximum absolute atomic E-state index is 13.5. The molecule has 0 spiro atoms. The van der Waals surface area contributed by atoms with Gasteiger partial charge in [-0.2, -0.15) is 0 Å². The Morgan fingerprint density at radius 3 is 2.25 bits per heavy atom. The van der Waals surface area contributed by atoms with Gasteiger partial charge in [0.25, 0.3) is 0 Å². The number of benzene rings is 1. The van der Waals surface area contributed by atoms with Crippen molar-refractivity contribution in [3.63, 3.8) is 0 Å². The second kappa shape index (κ2) is 4.83. The van der Waals surface area contributed by atoms with Crippen LogP contribution < -0.4 is 4.90 Å². The minimum atomic E-state index is -0.661. The smallest absolute Gasteiger partial charge is 0.126 e. The van der Waals surface area contributed by atoms with E-state index in [0.717, 1.165) is 5.69 Å². The Kier molecular flexibility index (Phi) is 3.92. The van der Waals surface area contributed by atoms with Gasteiger partial charge in [0.1, 0.15) is 5.82 Å². The Balaban J connectivity index is 3.30. The van der Waals surface area contributed by atoms with E-state index in [1.54, 1.807) is 19.9 Å². The lowest BCUT2D eigenvalue weighted by Crippen LogP contribution is -2.27. The van der Waals surface area contributed by atoms with Gasteiger partial charge in [-0.3, -0.25) is 0 Å². The first-order chi connectivity index (χ1) is 7.34. The van der Waals surface area contributed by atoms with Gasteiger partial charge in [0.2, 0.25) is 0 Å². The van der Waals surface area contributed by atoms with Crippen LogP contribution in [0.1, 0.15) is 38.0 Å². The molecule has 0 saturated heterocycles. The molecule has 0 heterocycles. The molecule has 1 aromatic carbocycles. The van der Waals surface area contributed by atoms with Crippen molar-refractivity contribution in [3.8, 4) is 0 Å². The van der Waals surface area contributed by atoms with Crippen molar-refractivity contribution in [2.75, 3.05) is 11.9 Å². The van der Waals surface area contributed by atoms with E-state index >= 15 is 0 Å². The fraction of sp³-hybridized carbons (Fsp3) is 0.538. The molecular weight excluding hydrogens is 205 g/mol. The lowest BCUT2D eigenvalue weighted by Gasteiger charge is -2.28. The van der Waals surface area contributed by atoms with Crippen molar-refractivity contribution in [1.82, 2.24) is 0 Å². The number of anilines is 1. The predicted molar refractivity (Wildman–Crippen MR) is 65.3 cm³/mol. The van der Waals surface area contributed by atoms with Crippen molar-refractivity contribution in [3.05, 3.63) is 29.1 Å². The molecule has 2 nitrogen and oxygen atoms in total. The van der Waals surface area contributed by atoms with Gasteiger partial charge in [0.05, 0.1) is 6.10 Å². The zero-order chi connectivity index (χ0) is 12.5. The lowest BCUT2D eigenvalue weighted by atomic mass is 10.0. The number of nitrogens with zero attached hydrogens (tertiary/aromatic N) is 1. The monoisotopic (exact) mass is 225 g/mol. The van der Waals surface area contributed by atoms with Gasteiger partial charge in [-0.1, -0.05) is 0 Å². The van der Waals surface area contributed by atoms with Gasteiger partial charge in [-0.05, 0) is 45.4 Å². The van der Waals surface area contributed by atoms with E-state index in [1.807, 2.05) is 11.9 Å². The topological polar surface area (TPSA) is 23.5 Å². The maximum atomic E-state index is 13.5. The van der Waals surface area contributed by atoms with E-state index in [9.17, 15) is 9.50 Å². The highest BCUT2D eigenvalue weighted by atomic mass is 19.1. The molecule has 0 saturated carbocycles. The molecule has 0 fully saturated rings. The SMILES string of the molecule is Cc1cc(N(C)C(C)C)c([C@H](C)O)cc1F. The first kappa shape index (κ1) is 13.0. The van der Waals surface area contributed by atoms with Crippen LogP contribution in [0.5, 0.6) is 0 Å². The van der Waals surface area contributed by atoms with E-state index in [4.69, 9.17) is 0 Å². The molecular formula is C13H20FNO. The highest BCUT2D eigenvalue weighted by molar-refractivity contribution is 5.56. The third kappa shape index (κ3) is 2.53. The first-order valence-corrected chi connectivity index (χ1v) is 5.55. The zero-order valence-corrected chi connectivity index (χ0v) is 10.6. The molecule has 0 unspecified atom stereocenters. The Bertz CT molecular complexity index is 374. The van der Waals surface area contributed by atoms with E-state index in [-0.39, 0.29) is 5.82 Å². The van der Waals surface area contributed by atoms with Crippen LogP contribution in [0.3, 0.4) is 0 Å². The van der Waals surface area contributed by atoms with Crippen molar-refractivity contribution in [2.45, 2.75) is 39.8 Å². The average Bonchev–Trinajstić information content (AvgIpc) is 2.19. The highest BCUT2D eigenvalue weighted by Crippen LogP contribution is 2.29. The molecule has 16 heavy (non-hydrogen) atoms. The molecule has 3 heteroatoms. The first-order valence-electron chi connectivity index (χ1n) is 5.55. The third-order valence-electron chi connectivity index (χ3n) is 2.91. The minimum Gasteiger partial charge on any atom is -0.389 e. The zero-order valence-electron chi connectivity index (χ0n) is 10.6. The van der Waals surface area contributed by atoms with Crippen LogP contribution in [-0.2, 0) is 0 Å². The fourth-order valence-electron chi connectivity index (χ4n) is 1.60. The van der Waals surface area contributed by atoms with E-state index in [0.29, 0.717) is 17.2 Å². The number of hydrogen-bond donors (Lipinski definition) is 1. The van der Waals surface area contributed by atoms with Crippen LogP contribution in [0.25, 0.3) is 0 Å². The van der Waals surface area contributed by atoms with Crippen LogP contribution in [0.4, 0.5) is 10.1 Å². The summed E-state index contributed by atoms with van der Waals surface area (Å²) in [6.07, 6.45) is -0.661. The molecule has 90 valence electrons. The molecule has 0 aromatic heterocycles. The molecule has 1 aromatic rings. The molecule has 0 bridgehead atoms. The molecule has 0 aliphatic carbocycles. The standard InChI is InChI=1S/C13H20FNO/c1-8(2)15(5)13-6-9(3)12(14)7-11(13)10(4)16/h6-8,10,16H,1-5H3/t10-/m0/s1. The third-order valence-corrected chi connectivity index (χ3v) is 2.91. The van der Waals surface area contributed by atoms with Gasteiger partial charge in [0.15, 0.2) is 0 Å². The van der Waals surface area contributed by atoms with Crippen LogP contribution >= 0.6 is 0 Å². The minimum absolute atomic E-state index is 0.267. The van der Waals surface area contributed by atoms with Crippen LogP contribution in [0.15, 0.2) is 12.1 Å². The quantitative estimate of drug-likeness (QED) is 0.854. The summed E-state index contributed by atoms with van der Waals surface area (Å²) in [5, 5.41) is 9.66. The van der Waals surface area contributed by atoms with Crippen LogP contribution in [0.2, 0.25) is 0 Å². The highest BCUT2D eigenvalue weighted by Gasteiger charge is 2.16. The van der Waals surface area contributed by atoms with E-state index in [2.05, 4.69) is 13.8 Å². The summed E-state index contributed by atoms with van der Waals surface area (Å²) in [5.74, 6) is -0.267. The summed E-state index contributed by atoms with van der Waals surface area (Å²) in [7, 11) is 1.95. The van der Waals surface area contributed by atoms with Crippen LogP contribution in [-0.4, -0.2) is 18.2 Å². The van der Waals surface area contributed by atoms with Gasteiger partial charge in [-0.15, -0.1) is 0 Å². The molecule has 0 radical (unpaired) electrons. The number of halogens is 1. The Morgan fingerprint density at radius 2 is 1.81 bits per heavy atom. The number of hydrogen-bond acceptors (Lipinski definition) is 2. The summed E-state index contributed by atoms with van der Waals surface area (Å²) in [6.45, 7) is 7.51. The second-order valence-electron chi connectivity index (χ2n) is 4.54. The number of aliphatic hydroxyl groups is 1. The second-order valence-corrected chi connectivity index (χ2v) is 4.54. The van der Waals surface area contributed by atoms with Crippen molar-refractivity contribution >= 4 is 5.69 Å². The van der Waals surface area contributed by atoms with Crippen molar-refractivity contribution < 1.29 is 9.50 Å². The summed E-state index contributed by atoms with van der Waals surface area (Å²) < 4.78 is 13.5. The Hall–Kier alpha value is -1.09. The van der Waals surface area contributed by atoms with Crippen LogP contribution in [0, 0.1) is 12.7 Å². The van der Waals surface area contributed by atoms with Crippen molar-refractivity contribution in [2.24, 2.45) is 0 Å².